The molecule has 116 valence electrons. The molecule has 2 aromatic heterocycles. The van der Waals surface area contributed by atoms with Gasteiger partial charge in [0.05, 0.1) is 10.9 Å². The standard InChI is InChI=1S/C17H15N3O2S/c1-9-11(3)23-17-14(9)16(21)19-15(20-17)10(2)22-13-7-5-4-6-12(13)8-18/h4-7,10H,1-3H3,(H,19,20,21)/t10-/m0/s1. The van der Waals surface area contributed by atoms with Gasteiger partial charge in [-0.05, 0) is 38.5 Å². The maximum Gasteiger partial charge on any atom is 0.260 e. The molecule has 0 aliphatic heterocycles. The Morgan fingerprint density at radius 1 is 1.35 bits per heavy atom. The molecule has 1 N–H and O–H groups in total. The molecule has 3 aromatic rings. The number of thiophene rings is 1. The Hall–Kier alpha value is -2.65. The maximum atomic E-state index is 12.3. The number of H-pyrrole nitrogens is 1. The average molecular weight is 325 g/mol. The van der Waals surface area contributed by atoms with E-state index < -0.39 is 6.10 Å². The van der Waals surface area contributed by atoms with Crippen LogP contribution in [0.4, 0.5) is 0 Å². The van der Waals surface area contributed by atoms with Gasteiger partial charge in [-0.25, -0.2) is 4.98 Å². The van der Waals surface area contributed by atoms with Crippen LogP contribution in [0.1, 0.15) is 34.9 Å². The van der Waals surface area contributed by atoms with E-state index in [0.717, 1.165) is 10.4 Å². The van der Waals surface area contributed by atoms with E-state index >= 15 is 0 Å². The van der Waals surface area contributed by atoms with E-state index in [1.165, 1.54) is 11.3 Å². The molecule has 0 saturated heterocycles. The second-order valence-electron chi connectivity index (χ2n) is 5.28. The SMILES string of the molecule is Cc1sc2nc([C@H](C)Oc3ccccc3C#N)[nH]c(=O)c2c1C. The predicted molar refractivity (Wildman–Crippen MR) is 89.9 cm³/mol. The summed E-state index contributed by atoms with van der Waals surface area (Å²) in [5, 5.41) is 9.76. The van der Waals surface area contributed by atoms with E-state index in [0.29, 0.717) is 27.4 Å². The van der Waals surface area contributed by atoms with Gasteiger partial charge in [0.15, 0.2) is 11.9 Å². The number of nitrogens with zero attached hydrogens (tertiary/aromatic N) is 2. The summed E-state index contributed by atoms with van der Waals surface area (Å²) in [5.74, 6) is 0.931. The summed E-state index contributed by atoms with van der Waals surface area (Å²) in [5.41, 5.74) is 1.26. The van der Waals surface area contributed by atoms with Crippen molar-refractivity contribution in [3.8, 4) is 11.8 Å². The lowest BCUT2D eigenvalue weighted by molar-refractivity contribution is 0.216. The molecule has 0 unspecified atom stereocenters. The van der Waals surface area contributed by atoms with E-state index in [9.17, 15) is 4.79 Å². The van der Waals surface area contributed by atoms with Crippen LogP contribution in [-0.4, -0.2) is 9.97 Å². The summed E-state index contributed by atoms with van der Waals surface area (Å²) in [6, 6.07) is 9.08. The van der Waals surface area contributed by atoms with E-state index in [2.05, 4.69) is 16.0 Å². The van der Waals surface area contributed by atoms with Gasteiger partial charge in [0, 0.05) is 4.88 Å². The molecule has 1 aromatic carbocycles. The lowest BCUT2D eigenvalue weighted by Crippen LogP contribution is -2.16. The van der Waals surface area contributed by atoms with E-state index in [1.807, 2.05) is 13.8 Å². The van der Waals surface area contributed by atoms with Crippen LogP contribution in [-0.2, 0) is 0 Å². The third-order valence-electron chi connectivity index (χ3n) is 3.75. The van der Waals surface area contributed by atoms with Crippen molar-refractivity contribution in [3.05, 3.63) is 56.4 Å². The van der Waals surface area contributed by atoms with Crippen molar-refractivity contribution in [2.24, 2.45) is 0 Å². The highest BCUT2D eigenvalue weighted by Crippen LogP contribution is 2.28. The predicted octanol–water partition coefficient (Wildman–Crippen LogP) is 3.61. The second kappa shape index (κ2) is 5.86. The summed E-state index contributed by atoms with van der Waals surface area (Å²) in [7, 11) is 0. The number of nitriles is 1. The zero-order valence-electron chi connectivity index (χ0n) is 13.0. The van der Waals surface area contributed by atoms with Crippen molar-refractivity contribution in [2.45, 2.75) is 26.9 Å². The lowest BCUT2D eigenvalue weighted by atomic mass is 10.2. The smallest absolute Gasteiger partial charge is 0.260 e. The molecule has 23 heavy (non-hydrogen) atoms. The first-order valence-corrected chi connectivity index (χ1v) is 7.98. The van der Waals surface area contributed by atoms with Crippen LogP contribution in [0, 0.1) is 25.2 Å². The number of nitrogens with one attached hydrogen (secondary N) is 1. The van der Waals surface area contributed by atoms with E-state index in [-0.39, 0.29) is 5.56 Å². The van der Waals surface area contributed by atoms with Gasteiger partial charge < -0.3 is 9.72 Å². The van der Waals surface area contributed by atoms with Gasteiger partial charge in [0.25, 0.3) is 5.56 Å². The highest BCUT2D eigenvalue weighted by molar-refractivity contribution is 7.18. The van der Waals surface area contributed by atoms with E-state index in [4.69, 9.17) is 10.00 Å². The summed E-state index contributed by atoms with van der Waals surface area (Å²) in [6.45, 7) is 5.70. The normalized spacial score (nSPS) is 12.1. The Morgan fingerprint density at radius 2 is 2.09 bits per heavy atom. The Morgan fingerprint density at radius 3 is 2.83 bits per heavy atom. The van der Waals surface area contributed by atoms with Gasteiger partial charge in [0.1, 0.15) is 16.6 Å². The topological polar surface area (TPSA) is 78.8 Å². The molecule has 0 amide bonds. The molecule has 0 spiro atoms. The van der Waals surface area contributed by atoms with Gasteiger partial charge >= 0.3 is 0 Å². The fourth-order valence-corrected chi connectivity index (χ4v) is 3.41. The minimum atomic E-state index is -0.468. The number of aryl methyl sites for hydroxylation is 2. The van der Waals surface area contributed by atoms with Crippen LogP contribution < -0.4 is 10.3 Å². The molecule has 5 nitrogen and oxygen atoms in total. The highest BCUT2D eigenvalue weighted by Gasteiger charge is 2.17. The van der Waals surface area contributed by atoms with E-state index in [1.54, 1.807) is 31.2 Å². The molecule has 0 aliphatic rings. The Kier molecular flexibility index (Phi) is 3.89. The number of rotatable bonds is 3. The molecule has 2 heterocycles. The summed E-state index contributed by atoms with van der Waals surface area (Å²) >= 11 is 1.50. The Balaban J connectivity index is 2.00. The second-order valence-corrected chi connectivity index (χ2v) is 6.49. The number of hydrogen-bond acceptors (Lipinski definition) is 5. The van der Waals surface area contributed by atoms with Crippen molar-refractivity contribution in [3.63, 3.8) is 0 Å². The van der Waals surface area contributed by atoms with Gasteiger partial charge in [-0.1, -0.05) is 12.1 Å². The number of aromatic nitrogens is 2. The lowest BCUT2D eigenvalue weighted by Gasteiger charge is -2.14. The molecule has 6 heteroatoms. The number of fused-ring (bicyclic) bond motifs is 1. The van der Waals surface area contributed by atoms with Crippen LogP contribution in [0.2, 0.25) is 0 Å². The summed E-state index contributed by atoms with van der Waals surface area (Å²) in [4.78, 5) is 21.4. The fraction of sp³-hybridized carbons (Fsp3) is 0.235. The number of benzene rings is 1. The quantitative estimate of drug-likeness (QED) is 0.798. The first-order chi connectivity index (χ1) is 11.0. The zero-order valence-corrected chi connectivity index (χ0v) is 13.8. The Bertz CT molecular complexity index is 982. The number of aromatic amines is 1. The number of hydrogen-bond donors (Lipinski definition) is 1. The van der Waals surface area contributed by atoms with Crippen molar-refractivity contribution in [2.75, 3.05) is 0 Å². The highest BCUT2D eigenvalue weighted by atomic mass is 32.1. The first-order valence-electron chi connectivity index (χ1n) is 7.17. The molecule has 0 saturated carbocycles. The van der Waals surface area contributed by atoms with Gasteiger partial charge in [-0.3, -0.25) is 4.79 Å². The van der Waals surface area contributed by atoms with Crippen molar-refractivity contribution in [1.82, 2.24) is 9.97 Å². The third kappa shape index (κ3) is 2.71. The Labute approximate surface area is 137 Å². The minimum absolute atomic E-state index is 0.157. The molecule has 0 fully saturated rings. The van der Waals surface area contributed by atoms with Gasteiger partial charge in [-0.15, -0.1) is 11.3 Å². The van der Waals surface area contributed by atoms with Crippen LogP contribution in [0.15, 0.2) is 29.1 Å². The molecule has 1 atom stereocenters. The summed E-state index contributed by atoms with van der Waals surface area (Å²) in [6.07, 6.45) is -0.468. The van der Waals surface area contributed by atoms with Gasteiger partial charge in [0.2, 0.25) is 0 Å². The van der Waals surface area contributed by atoms with Gasteiger partial charge in [-0.2, -0.15) is 5.26 Å². The zero-order chi connectivity index (χ0) is 16.6. The minimum Gasteiger partial charge on any atom is -0.481 e. The van der Waals surface area contributed by atoms with Crippen molar-refractivity contribution in [1.29, 1.82) is 5.26 Å². The monoisotopic (exact) mass is 325 g/mol. The molecular formula is C17H15N3O2S. The molecule has 0 aliphatic carbocycles. The molecule has 0 radical (unpaired) electrons. The molecule has 3 rings (SSSR count). The molecule has 0 bridgehead atoms. The van der Waals surface area contributed by atoms with Crippen molar-refractivity contribution < 1.29 is 4.74 Å². The largest absolute Gasteiger partial charge is 0.481 e. The summed E-state index contributed by atoms with van der Waals surface area (Å²) < 4.78 is 5.81. The van der Waals surface area contributed by atoms with Crippen LogP contribution in [0.3, 0.4) is 0 Å². The van der Waals surface area contributed by atoms with Crippen LogP contribution >= 0.6 is 11.3 Å². The maximum absolute atomic E-state index is 12.3. The molecular weight excluding hydrogens is 310 g/mol. The fourth-order valence-electron chi connectivity index (χ4n) is 2.37. The van der Waals surface area contributed by atoms with Crippen molar-refractivity contribution >= 4 is 21.6 Å². The third-order valence-corrected chi connectivity index (χ3v) is 4.85. The van der Waals surface area contributed by atoms with Crippen LogP contribution in [0.25, 0.3) is 10.2 Å². The average Bonchev–Trinajstić information content (AvgIpc) is 2.82. The number of para-hydroxylation sites is 1. The van der Waals surface area contributed by atoms with Crippen LogP contribution in [0.5, 0.6) is 5.75 Å². The number of ether oxygens (including phenoxy) is 1. The first kappa shape index (κ1) is 15.3.